The predicted molar refractivity (Wildman–Crippen MR) is 232 cm³/mol. The lowest BCUT2D eigenvalue weighted by molar-refractivity contribution is -0.134. The van der Waals surface area contributed by atoms with Crippen LogP contribution in [0.25, 0.3) is 22.2 Å². The third kappa shape index (κ3) is 9.39. The van der Waals surface area contributed by atoms with Crippen molar-refractivity contribution in [3.63, 3.8) is 0 Å². The van der Waals surface area contributed by atoms with Gasteiger partial charge in [-0.25, -0.2) is 23.7 Å². The number of likely N-dealkylation sites (tertiary alicyclic amines) is 1. The van der Waals surface area contributed by atoms with Crippen LogP contribution in [0.2, 0.25) is 0 Å². The molecule has 1 atom stereocenters. The Morgan fingerprint density at radius 3 is 2.29 bits per heavy atom. The van der Waals surface area contributed by atoms with Gasteiger partial charge in [0.25, 0.3) is 0 Å². The first-order valence-corrected chi connectivity index (χ1v) is 22.5. The topological polar surface area (TPSA) is 203 Å². The number of carbonyl (C=O) groups excluding carboxylic acids is 4. The lowest BCUT2D eigenvalue weighted by Gasteiger charge is -2.35. The van der Waals surface area contributed by atoms with Crippen LogP contribution in [0.4, 0.5) is 26.1 Å². The van der Waals surface area contributed by atoms with E-state index in [1.54, 1.807) is 31.6 Å². The number of benzene rings is 2. The molecule has 330 valence electrons. The van der Waals surface area contributed by atoms with Gasteiger partial charge >= 0.3 is 10.2 Å². The zero-order valence-corrected chi connectivity index (χ0v) is 35.7. The number of hydrogen-bond donors (Lipinski definition) is 4. The fraction of sp³-hybridized carbons (Fsp3) is 0.386. The number of pyridine rings is 1. The minimum Gasteiger partial charge on any atom is -0.374 e. The van der Waals surface area contributed by atoms with Crippen molar-refractivity contribution in [3.05, 3.63) is 95.6 Å². The molecule has 8 rings (SSSR count). The number of amides is 3. The van der Waals surface area contributed by atoms with Crippen LogP contribution in [0.5, 0.6) is 0 Å². The molecular formula is C44H48F2N10O6S. The summed E-state index contributed by atoms with van der Waals surface area (Å²) in [5.41, 5.74) is 1.97. The number of nitrogens with one attached hydrogen (secondary N) is 4. The smallest absolute Gasteiger partial charge is 0.301 e. The number of halogens is 2. The molecule has 3 aliphatic heterocycles. The summed E-state index contributed by atoms with van der Waals surface area (Å²) >= 11 is 0. The SMILES string of the molecule is CCN(C)S(=O)(=O)Nc1ccc(F)c(C(=O)c2c[nH]c3ncc(-c4cnc(N5CCC(CC(=O)N6CCC(c7ccc(N[C@@H]8CCC(=O)NC8=O)cc7)CC6)CC5)nc4)cc23)c1F. The number of carbonyl (C=O) groups is 4. The second-order valence-corrected chi connectivity index (χ2v) is 18.1. The van der Waals surface area contributed by atoms with Crippen LogP contribution in [0, 0.1) is 17.6 Å². The summed E-state index contributed by atoms with van der Waals surface area (Å²) in [4.78, 5) is 71.1. The summed E-state index contributed by atoms with van der Waals surface area (Å²) in [5, 5.41) is 5.89. The van der Waals surface area contributed by atoms with Crippen molar-refractivity contribution < 1.29 is 36.4 Å². The van der Waals surface area contributed by atoms with Crippen LogP contribution in [0.3, 0.4) is 0 Å². The molecule has 3 aromatic heterocycles. The van der Waals surface area contributed by atoms with Crippen molar-refractivity contribution in [3.8, 4) is 11.1 Å². The number of nitrogens with zero attached hydrogens (tertiary/aromatic N) is 6. The molecule has 5 aromatic rings. The van der Waals surface area contributed by atoms with E-state index >= 15 is 8.78 Å². The molecule has 0 aliphatic carbocycles. The molecule has 2 aromatic carbocycles. The van der Waals surface area contributed by atoms with Gasteiger partial charge in [0.1, 0.15) is 17.5 Å². The Kier molecular flexibility index (Phi) is 12.5. The second-order valence-electron chi connectivity index (χ2n) is 16.3. The van der Waals surface area contributed by atoms with Crippen LogP contribution in [0.1, 0.15) is 79.3 Å². The third-order valence-electron chi connectivity index (χ3n) is 12.3. The zero-order valence-electron chi connectivity index (χ0n) is 34.9. The molecule has 63 heavy (non-hydrogen) atoms. The van der Waals surface area contributed by atoms with Crippen molar-refractivity contribution in [1.29, 1.82) is 0 Å². The van der Waals surface area contributed by atoms with E-state index in [0.717, 1.165) is 47.8 Å². The summed E-state index contributed by atoms with van der Waals surface area (Å²) in [7, 11) is -2.85. The molecule has 0 unspecified atom stereocenters. The largest absolute Gasteiger partial charge is 0.374 e. The van der Waals surface area contributed by atoms with Crippen molar-refractivity contribution in [1.82, 2.24) is 34.5 Å². The highest BCUT2D eigenvalue weighted by atomic mass is 32.2. The minimum atomic E-state index is -4.15. The molecule has 0 saturated carbocycles. The van der Waals surface area contributed by atoms with E-state index in [9.17, 15) is 27.6 Å². The highest BCUT2D eigenvalue weighted by Gasteiger charge is 2.30. The Balaban J connectivity index is 0.833. The molecule has 6 heterocycles. The number of rotatable bonds is 13. The number of H-pyrrole nitrogens is 1. The van der Waals surface area contributed by atoms with E-state index in [4.69, 9.17) is 0 Å². The Morgan fingerprint density at radius 2 is 1.60 bits per heavy atom. The normalized spacial score (nSPS) is 17.9. The maximum Gasteiger partial charge on any atom is 0.301 e. The van der Waals surface area contributed by atoms with Gasteiger partial charge in [0, 0.05) is 105 Å². The fourth-order valence-electron chi connectivity index (χ4n) is 8.40. The van der Waals surface area contributed by atoms with E-state index in [1.807, 2.05) is 17.0 Å². The van der Waals surface area contributed by atoms with Crippen LogP contribution in [-0.2, 0) is 24.6 Å². The van der Waals surface area contributed by atoms with Gasteiger partial charge in [0.05, 0.1) is 11.3 Å². The molecule has 3 aliphatic rings. The lowest BCUT2D eigenvalue weighted by atomic mass is 9.88. The van der Waals surface area contributed by atoms with E-state index in [0.29, 0.717) is 79.5 Å². The van der Waals surface area contributed by atoms with E-state index < -0.39 is 44.9 Å². The summed E-state index contributed by atoms with van der Waals surface area (Å²) in [6, 6.07) is 11.1. The average Bonchev–Trinajstić information content (AvgIpc) is 3.72. The maximum absolute atomic E-state index is 15.6. The standard InChI is InChI=1S/C44H48F2N10O6S/c1-3-54(2)63(61,62)53-35-9-8-34(45)39(40(35)46)41(59)33-25-48-42-32(33)21-29(22-47-42)30-23-49-44(50-24-30)56-16-12-26(13-17-56)20-38(58)55-18-14-28(15-19-55)27-4-6-31(7-5-27)51-36-10-11-37(57)52-43(36)60/h4-9,21-26,28,36,51,53H,3,10-20H2,1-2H3,(H,47,48)(H,52,57,60)/t36-/m1/s1. The van der Waals surface area contributed by atoms with Crippen molar-refractivity contribution in [2.24, 2.45) is 5.92 Å². The summed E-state index contributed by atoms with van der Waals surface area (Å²) in [5.74, 6) is -2.70. The van der Waals surface area contributed by atoms with Crippen molar-refractivity contribution in [2.75, 3.05) is 54.7 Å². The van der Waals surface area contributed by atoms with Gasteiger partial charge in [-0.3, -0.25) is 29.2 Å². The molecule has 3 amide bonds. The van der Waals surface area contributed by atoms with Gasteiger partial charge in [-0.05, 0) is 79.8 Å². The lowest BCUT2D eigenvalue weighted by Crippen LogP contribution is -2.47. The predicted octanol–water partition coefficient (Wildman–Crippen LogP) is 5.37. The number of anilines is 3. The van der Waals surface area contributed by atoms with E-state index in [1.165, 1.54) is 18.8 Å². The third-order valence-corrected chi connectivity index (χ3v) is 13.9. The number of fused-ring (bicyclic) bond motifs is 1. The van der Waals surface area contributed by atoms with Gasteiger partial charge in [0.2, 0.25) is 29.5 Å². The minimum absolute atomic E-state index is 0.0589. The molecule has 4 N–H and O–H groups in total. The highest BCUT2D eigenvalue weighted by molar-refractivity contribution is 7.90. The van der Waals surface area contributed by atoms with Crippen LogP contribution < -0.4 is 20.3 Å². The number of aromatic nitrogens is 4. The molecule has 19 heteroatoms. The molecule has 16 nitrogen and oxygen atoms in total. The van der Waals surface area contributed by atoms with Gasteiger partial charge < -0.3 is 20.1 Å². The first kappa shape index (κ1) is 43.3. The van der Waals surface area contributed by atoms with E-state index in [2.05, 4.69) is 52.3 Å². The number of imide groups is 1. The second kappa shape index (κ2) is 18.2. The summed E-state index contributed by atoms with van der Waals surface area (Å²) in [6.45, 7) is 4.50. The summed E-state index contributed by atoms with van der Waals surface area (Å²) in [6.07, 6.45) is 10.9. The maximum atomic E-state index is 15.6. The monoisotopic (exact) mass is 882 g/mol. The zero-order chi connectivity index (χ0) is 44.4. The van der Waals surface area contributed by atoms with Gasteiger partial charge in [-0.15, -0.1) is 0 Å². The Bertz CT molecular complexity index is 2650. The number of piperidine rings is 3. The molecule has 0 radical (unpaired) electrons. The molecule has 0 bridgehead atoms. The number of aromatic amines is 1. The quantitative estimate of drug-likeness (QED) is 0.0875. The Morgan fingerprint density at radius 1 is 0.905 bits per heavy atom. The number of hydrogen-bond acceptors (Lipinski definition) is 11. The summed E-state index contributed by atoms with van der Waals surface area (Å²) < 4.78 is 58.7. The average molecular weight is 883 g/mol. The molecule has 0 spiro atoms. The van der Waals surface area contributed by atoms with Crippen LogP contribution in [-0.4, -0.2) is 107 Å². The van der Waals surface area contributed by atoms with Gasteiger partial charge in [0.15, 0.2) is 5.82 Å². The van der Waals surface area contributed by atoms with Gasteiger partial charge in [-0.2, -0.15) is 12.7 Å². The molecular weight excluding hydrogens is 835 g/mol. The number of ketones is 1. The Hall–Kier alpha value is -6.34. The van der Waals surface area contributed by atoms with Crippen molar-refractivity contribution in [2.45, 2.75) is 63.8 Å². The molecule has 3 saturated heterocycles. The fourth-order valence-corrected chi connectivity index (χ4v) is 9.33. The Labute approximate surface area is 363 Å². The first-order chi connectivity index (χ1) is 30.3. The van der Waals surface area contributed by atoms with Crippen LogP contribution in [0.15, 0.2) is 67.3 Å². The van der Waals surface area contributed by atoms with E-state index in [-0.39, 0.29) is 35.7 Å². The van der Waals surface area contributed by atoms with Crippen molar-refractivity contribution >= 4 is 62.1 Å². The van der Waals surface area contributed by atoms with Gasteiger partial charge in [-0.1, -0.05) is 19.1 Å². The highest BCUT2D eigenvalue weighted by Crippen LogP contribution is 2.33. The van der Waals surface area contributed by atoms with Crippen LogP contribution >= 0.6 is 0 Å². The molecule has 3 fully saturated rings. The first-order valence-electron chi connectivity index (χ1n) is 21.1.